The Labute approximate surface area is 315 Å². The lowest BCUT2D eigenvalue weighted by molar-refractivity contribution is -0.192. The summed E-state index contributed by atoms with van der Waals surface area (Å²) < 4.78 is 38.1. The first kappa shape index (κ1) is 41.8. The molecular weight excluding hydrogens is 721 g/mol. The van der Waals surface area contributed by atoms with Crippen LogP contribution in [0.5, 0.6) is 0 Å². The van der Waals surface area contributed by atoms with Crippen LogP contribution in [0.25, 0.3) is 10.8 Å². The Hall–Kier alpha value is -5.97. The third-order valence-electron chi connectivity index (χ3n) is 8.76. The van der Waals surface area contributed by atoms with E-state index in [0.29, 0.717) is 44.7 Å². The number of aliphatic carboxylic acids is 1. The highest BCUT2D eigenvalue weighted by atomic mass is 19.4. The number of halogens is 3. The smallest absolute Gasteiger partial charge is 0.475 e. The van der Waals surface area contributed by atoms with Crippen molar-refractivity contribution in [3.8, 4) is 0 Å². The molecule has 14 nitrogen and oxygen atoms in total. The number of nitrogens with one attached hydrogen (secondary N) is 3. The first-order valence-corrected chi connectivity index (χ1v) is 17.5. The summed E-state index contributed by atoms with van der Waals surface area (Å²) in [6.45, 7) is 2.59. The summed E-state index contributed by atoms with van der Waals surface area (Å²) in [5, 5.41) is 15.1. The van der Waals surface area contributed by atoms with Crippen LogP contribution in [0.1, 0.15) is 43.0 Å². The second-order valence-electron chi connectivity index (χ2n) is 13.0. The summed E-state index contributed by atoms with van der Waals surface area (Å²) in [7, 11) is 0. The minimum absolute atomic E-state index is 0.0282. The summed E-state index contributed by atoms with van der Waals surface area (Å²) in [5.74, 6) is -3.75. The van der Waals surface area contributed by atoms with Gasteiger partial charge >= 0.3 is 12.1 Å². The number of carbonyl (C=O) groups is 4. The molecule has 0 bridgehead atoms. The number of aliphatic imine (C=N–C) groups is 1. The molecule has 2 heterocycles. The monoisotopic (exact) mass is 766 g/mol. The molecule has 5 rings (SSSR count). The number of carboxylic acid groups (broad SMARTS) is 1. The molecule has 294 valence electrons. The molecule has 4 aromatic rings. The number of aromatic amines is 1. The zero-order valence-electron chi connectivity index (χ0n) is 30.2. The molecule has 1 aliphatic rings. The number of H-pyrrole nitrogens is 1. The van der Waals surface area contributed by atoms with Gasteiger partial charge in [-0.3, -0.25) is 19.4 Å². The first-order valence-electron chi connectivity index (χ1n) is 17.5. The number of rotatable bonds is 15. The molecule has 1 saturated heterocycles. The number of nitrogens with two attached hydrogens (primary N) is 2. The van der Waals surface area contributed by atoms with Gasteiger partial charge in [0.1, 0.15) is 12.1 Å². The van der Waals surface area contributed by atoms with Gasteiger partial charge in [-0.15, -0.1) is 0 Å². The molecule has 4 atom stereocenters. The van der Waals surface area contributed by atoms with Gasteiger partial charge < -0.3 is 41.8 Å². The van der Waals surface area contributed by atoms with Gasteiger partial charge in [0.15, 0.2) is 5.96 Å². The summed E-state index contributed by atoms with van der Waals surface area (Å²) in [4.78, 5) is 62.0. The molecule has 3 aromatic carbocycles. The number of imidazole rings is 1. The van der Waals surface area contributed by atoms with E-state index in [-0.39, 0.29) is 42.8 Å². The van der Waals surface area contributed by atoms with E-state index in [1.54, 1.807) is 6.20 Å². The molecule has 0 unspecified atom stereocenters. The minimum atomic E-state index is -5.08. The lowest BCUT2D eigenvalue weighted by Gasteiger charge is -2.30. The molecule has 17 heteroatoms. The fourth-order valence-corrected chi connectivity index (χ4v) is 6.21. The third-order valence-corrected chi connectivity index (χ3v) is 8.76. The van der Waals surface area contributed by atoms with E-state index in [2.05, 4.69) is 55.9 Å². The number of guanidine groups is 1. The van der Waals surface area contributed by atoms with Crippen molar-refractivity contribution in [2.45, 2.75) is 76.0 Å². The minimum Gasteiger partial charge on any atom is -0.475 e. The van der Waals surface area contributed by atoms with Crippen molar-refractivity contribution in [1.29, 1.82) is 0 Å². The zero-order valence-corrected chi connectivity index (χ0v) is 30.2. The lowest BCUT2D eigenvalue weighted by Crippen LogP contribution is -2.56. The molecule has 1 aliphatic heterocycles. The highest BCUT2D eigenvalue weighted by Crippen LogP contribution is 2.27. The quantitative estimate of drug-likeness (QED) is 0.0594. The largest absolute Gasteiger partial charge is 0.490 e. The molecule has 1 fully saturated rings. The fourth-order valence-electron chi connectivity index (χ4n) is 6.21. The van der Waals surface area contributed by atoms with Gasteiger partial charge in [0, 0.05) is 50.8 Å². The number of carboxylic acids is 1. The van der Waals surface area contributed by atoms with E-state index < -0.39 is 30.1 Å². The van der Waals surface area contributed by atoms with Crippen LogP contribution >= 0.6 is 0 Å². The van der Waals surface area contributed by atoms with Gasteiger partial charge in [-0.1, -0.05) is 66.7 Å². The predicted octanol–water partition coefficient (Wildman–Crippen LogP) is 3.21. The fraction of sp³-hybridized carbons (Fsp3) is 0.368. The van der Waals surface area contributed by atoms with Crippen molar-refractivity contribution >= 4 is 40.4 Å². The average Bonchev–Trinajstić information content (AvgIpc) is 3.81. The van der Waals surface area contributed by atoms with Gasteiger partial charge in [-0.2, -0.15) is 13.2 Å². The maximum atomic E-state index is 14.4. The van der Waals surface area contributed by atoms with E-state index in [4.69, 9.17) is 26.1 Å². The van der Waals surface area contributed by atoms with Crippen molar-refractivity contribution in [3.63, 3.8) is 0 Å². The van der Waals surface area contributed by atoms with Crippen LogP contribution in [0.2, 0.25) is 0 Å². The van der Waals surface area contributed by atoms with Gasteiger partial charge in [-0.25, -0.2) is 9.78 Å². The van der Waals surface area contributed by atoms with Gasteiger partial charge in [0.25, 0.3) is 0 Å². The summed E-state index contributed by atoms with van der Waals surface area (Å²) in [5.41, 5.74) is 13.7. The second-order valence-corrected chi connectivity index (χ2v) is 13.0. The Morgan fingerprint density at radius 2 is 1.67 bits per heavy atom. The number of hydrogen-bond acceptors (Lipinski definition) is 7. The third kappa shape index (κ3) is 13.4. The van der Waals surface area contributed by atoms with Crippen LogP contribution in [0.3, 0.4) is 0 Å². The Kier molecular flexibility index (Phi) is 15.1. The number of alkyl halides is 3. The molecule has 0 aliphatic carbocycles. The molecule has 1 aromatic heterocycles. The van der Waals surface area contributed by atoms with E-state index in [0.717, 1.165) is 21.9 Å². The van der Waals surface area contributed by atoms with E-state index in [1.807, 2.05) is 47.4 Å². The van der Waals surface area contributed by atoms with Crippen molar-refractivity contribution < 1.29 is 42.2 Å². The molecular formula is C38H45F3N8O6. The number of benzene rings is 3. The summed E-state index contributed by atoms with van der Waals surface area (Å²) in [6.07, 6.45) is 0.285. The zero-order chi connectivity index (χ0) is 40.0. The average molecular weight is 767 g/mol. The number of nitrogens with zero attached hydrogens (tertiary/aromatic N) is 3. The van der Waals surface area contributed by atoms with Gasteiger partial charge in [0.05, 0.1) is 19.0 Å². The number of carbonyl (C=O) groups excluding carboxylic acids is 3. The summed E-state index contributed by atoms with van der Waals surface area (Å²) >= 11 is 0. The number of aromatic nitrogens is 2. The highest BCUT2D eigenvalue weighted by molar-refractivity contribution is 5.92. The van der Waals surface area contributed by atoms with Crippen molar-refractivity contribution in [2.24, 2.45) is 16.5 Å². The maximum absolute atomic E-state index is 14.4. The lowest BCUT2D eigenvalue weighted by atomic mass is 10.0. The Bertz CT molecular complexity index is 1910. The molecule has 0 spiro atoms. The number of ether oxygens (including phenoxy) is 1. The Morgan fingerprint density at radius 1 is 0.982 bits per heavy atom. The molecule has 3 amide bonds. The van der Waals surface area contributed by atoms with Crippen LogP contribution in [0.15, 0.2) is 90.3 Å². The first-order chi connectivity index (χ1) is 26.2. The van der Waals surface area contributed by atoms with Crippen LogP contribution in [0.4, 0.5) is 13.2 Å². The van der Waals surface area contributed by atoms with E-state index >= 15 is 0 Å². The summed E-state index contributed by atoms with van der Waals surface area (Å²) in [6, 6.07) is 22.1. The van der Waals surface area contributed by atoms with E-state index in [1.165, 1.54) is 13.3 Å². The Morgan fingerprint density at radius 3 is 2.31 bits per heavy atom. The molecule has 8 N–H and O–H groups in total. The predicted molar refractivity (Wildman–Crippen MR) is 198 cm³/mol. The number of amides is 3. The van der Waals surface area contributed by atoms with Gasteiger partial charge in [-0.05, 0) is 47.2 Å². The highest BCUT2D eigenvalue weighted by Gasteiger charge is 2.40. The van der Waals surface area contributed by atoms with Crippen molar-refractivity contribution in [3.05, 3.63) is 102 Å². The second kappa shape index (κ2) is 19.9. The molecule has 0 saturated carbocycles. The Balaban J connectivity index is 0.000000876. The molecule has 0 radical (unpaired) electrons. The van der Waals surface area contributed by atoms with Gasteiger partial charge in [0.2, 0.25) is 17.7 Å². The SMILES string of the molecule is CC(=O)N[C@@H](Cc1cnc[nH]1)C(=O)N[C@H](Cc1ccccc1)C(=O)N1C[C@@H](OCc2ccc3ccccc3c2)C[C@H]1CCCN=C(N)N.O=C(O)C(F)(F)F. The van der Waals surface area contributed by atoms with Crippen LogP contribution in [-0.4, -0.2) is 93.1 Å². The van der Waals surface area contributed by atoms with E-state index in [9.17, 15) is 27.6 Å². The number of fused-ring (bicyclic) bond motifs is 1. The van der Waals surface area contributed by atoms with Crippen LogP contribution in [0, 0.1) is 0 Å². The number of hydrogen-bond donors (Lipinski definition) is 6. The van der Waals surface area contributed by atoms with Crippen LogP contribution in [-0.2, 0) is 43.4 Å². The normalized spacial score (nSPS) is 16.3. The molecule has 55 heavy (non-hydrogen) atoms. The van der Waals surface area contributed by atoms with Crippen molar-refractivity contribution in [1.82, 2.24) is 25.5 Å². The topological polar surface area (TPSA) is 218 Å². The maximum Gasteiger partial charge on any atom is 0.490 e. The van der Waals surface area contributed by atoms with Crippen LogP contribution < -0.4 is 22.1 Å². The van der Waals surface area contributed by atoms with Crippen molar-refractivity contribution in [2.75, 3.05) is 13.1 Å². The standard InChI is InChI=1S/C36H44N8O4.C2HF3O2/c1-24(45)42-32(18-29-20-39-23-41-29)34(46)43-33(17-25-8-3-2-4-9-25)35(47)44-21-31(19-30(44)12-7-15-40-36(37)38)48-22-26-13-14-27-10-5-6-11-28(27)16-26;3-2(4,5)1(6)7/h2-6,8-11,13-14,16,20,23,30-33H,7,12,15,17-19,21-22H2,1H3,(H,39,41)(H,42,45)(H,43,46)(H4,37,38,40);(H,6,7)/t30-,31+,32+,33-;/m1./s1. The number of likely N-dealkylation sites (tertiary alicyclic amines) is 1.